The molecule has 1 unspecified atom stereocenters. The van der Waals surface area contributed by atoms with E-state index in [1.165, 1.54) is 0 Å². The van der Waals surface area contributed by atoms with Crippen LogP contribution in [0, 0.1) is 0 Å². The average molecular weight is 290 g/mol. The Hall–Kier alpha value is -1.63. The minimum absolute atomic E-state index is 0.0171. The molecule has 0 spiro atoms. The molecule has 7 heteroatoms. The van der Waals surface area contributed by atoms with E-state index in [0.717, 1.165) is 0 Å². The lowest BCUT2D eigenvalue weighted by Crippen LogP contribution is -2.45. The first kappa shape index (κ1) is 18.4. The standard InChI is InChI=1S/C13H22O7/c1-5-18-10(14)7-13(17,12(16)19-6-2)8-11(15)20-9(3)4/h9,17H,5-8H2,1-4H3. The molecule has 0 amide bonds. The van der Waals surface area contributed by atoms with Gasteiger partial charge in [0.15, 0.2) is 5.60 Å². The summed E-state index contributed by atoms with van der Waals surface area (Å²) in [6, 6.07) is 0. The number of ether oxygens (including phenoxy) is 3. The van der Waals surface area contributed by atoms with Crippen LogP contribution in [0.5, 0.6) is 0 Å². The van der Waals surface area contributed by atoms with Gasteiger partial charge < -0.3 is 19.3 Å². The van der Waals surface area contributed by atoms with Gasteiger partial charge in [0.2, 0.25) is 0 Å². The van der Waals surface area contributed by atoms with Gasteiger partial charge in [-0.1, -0.05) is 0 Å². The Morgan fingerprint density at radius 1 is 1.00 bits per heavy atom. The van der Waals surface area contributed by atoms with E-state index in [2.05, 4.69) is 9.47 Å². The quantitative estimate of drug-likeness (QED) is 0.515. The zero-order valence-corrected chi connectivity index (χ0v) is 12.3. The lowest BCUT2D eigenvalue weighted by atomic mass is 9.95. The fraction of sp³-hybridized carbons (Fsp3) is 0.769. The Balaban J connectivity index is 4.90. The summed E-state index contributed by atoms with van der Waals surface area (Å²) in [6.45, 7) is 6.53. The first-order valence-electron chi connectivity index (χ1n) is 6.49. The van der Waals surface area contributed by atoms with Crippen LogP contribution in [0.3, 0.4) is 0 Å². The van der Waals surface area contributed by atoms with E-state index in [4.69, 9.17) is 4.74 Å². The molecule has 0 aliphatic carbocycles. The van der Waals surface area contributed by atoms with Crippen molar-refractivity contribution in [3.63, 3.8) is 0 Å². The van der Waals surface area contributed by atoms with Crippen LogP contribution in [0.15, 0.2) is 0 Å². The van der Waals surface area contributed by atoms with E-state index >= 15 is 0 Å². The van der Waals surface area contributed by atoms with Crippen molar-refractivity contribution < 1.29 is 33.7 Å². The highest BCUT2D eigenvalue weighted by Crippen LogP contribution is 2.20. The smallest absolute Gasteiger partial charge is 0.339 e. The first-order valence-corrected chi connectivity index (χ1v) is 6.49. The molecule has 0 saturated carbocycles. The lowest BCUT2D eigenvalue weighted by Gasteiger charge is -2.24. The minimum Gasteiger partial charge on any atom is -0.466 e. The van der Waals surface area contributed by atoms with E-state index < -0.39 is 42.5 Å². The van der Waals surface area contributed by atoms with Gasteiger partial charge in [0.25, 0.3) is 0 Å². The molecule has 7 nitrogen and oxygen atoms in total. The number of aliphatic hydroxyl groups is 1. The third kappa shape index (κ3) is 6.51. The van der Waals surface area contributed by atoms with Crippen molar-refractivity contribution in [3.8, 4) is 0 Å². The monoisotopic (exact) mass is 290 g/mol. The molecule has 0 aliphatic heterocycles. The molecule has 0 aliphatic rings. The zero-order valence-electron chi connectivity index (χ0n) is 12.3. The molecular formula is C13H22O7. The Kier molecular flexibility index (Phi) is 7.83. The van der Waals surface area contributed by atoms with Gasteiger partial charge in [-0.05, 0) is 27.7 Å². The highest BCUT2D eigenvalue weighted by molar-refractivity contribution is 5.90. The van der Waals surface area contributed by atoms with E-state index in [-0.39, 0.29) is 13.2 Å². The Morgan fingerprint density at radius 3 is 1.95 bits per heavy atom. The van der Waals surface area contributed by atoms with Crippen molar-refractivity contribution in [2.24, 2.45) is 0 Å². The van der Waals surface area contributed by atoms with Crippen LogP contribution in [0.2, 0.25) is 0 Å². The maximum atomic E-state index is 11.7. The van der Waals surface area contributed by atoms with Crippen LogP contribution in [-0.2, 0) is 28.6 Å². The van der Waals surface area contributed by atoms with E-state index in [9.17, 15) is 19.5 Å². The lowest BCUT2D eigenvalue weighted by molar-refractivity contribution is -0.178. The highest BCUT2D eigenvalue weighted by atomic mass is 16.6. The molecule has 1 N–H and O–H groups in total. The summed E-state index contributed by atoms with van der Waals surface area (Å²) < 4.78 is 14.2. The average Bonchev–Trinajstić information content (AvgIpc) is 2.27. The van der Waals surface area contributed by atoms with Gasteiger partial charge in [0.05, 0.1) is 32.2 Å². The van der Waals surface area contributed by atoms with Crippen LogP contribution in [-0.4, -0.2) is 47.9 Å². The molecule has 0 aromatic carbocycles. The summed E-state index contributed by atoms with van der Waals surface area (Å²) in [5.41, 5.74) is -2.27. The van der Waals surface area contributed by atoms with Gasteiger partial charge in [-0.25, -0.2) is 4.79 Å². The van der Waals surface area contributed by atoms with E-state index in [1.807, 2.05) is 0 Å². The fourth-order valence-corrected chi connectivity index (χ4v) is 1.47. The summed E-state index contributed by atoms with van der Waals surface area (Å²) >= 11 is 0. The molecule has 0 aromatic heterocycles. The summed E-state index contributed by atoms with van der Waals surface area (Å²) in [5.74, 6) is -2.63. The Morgan fingerprint density at radius 2 is 1.50 bits per heavy atom. The largest absolute Gasteiger partial charge is 0.466 e. The van der Waals surface area contributed by atoms with Crippen molar-refractivity contribution in [1.29, 1.82) is 0 Å². The molecule has 0 rings (SSSR count). The maximum Gasteiger partial charge on any atom is 0.339 e. The van der Waals surface area contributed by atoms with E-state index in [1.54, 1.807) is 27.7 Å². The third-order valence-electron chi connectivity index (χ3n) is 2.20. The number of hydrogen-bond donors (Lipinski definition) is 1. The number of esters is 3. The van der Waals surface area contributed by atoms with Crippen LogP contribution >= 0.6 is 0 Å². The molecule has 0 fully saturated rings. The summed E-state index contributed by atoms with van der Waals surface area (Å²) in [5, 5.41) is 10.2. The number of carbonyl (C=O) groups is 3. The SMILES string of the molecule is CCOC(=O)CC(O)(CC(=O)OC(C)C)C(=O)OCC. The molecule has 0 bridgehead atoms. The fourth-order valence-electron chi connectivity index (χ4n) is 1.47. The third-order valence-corrected chi connectivity index (χ3v) is 2.20. The Labute approximate surface area is 118 Å². The molecule has 0 aromatic rings. The highest BCUT2D eigenvalue weighted by Gasteiger charge is 2.43. The second-order valence-electron chi connectivity index (χ2n) is 4.45. The molecule has 116 valence electrons. The van der Waals surface area contributed by atoms with Crippen molar-refractivity contribution in [2.45, 2.75) is 52.2 Å². The second-order valence-corrected chi connectivity index (χ2v) is 4.45. The van der Waals surface area contributed by atoms with Gasteiger partial charge in [-0.15, -0.1) is 0 Å². The zero-order chi connectivity index (χ0) is 15.8. The minimum atomic E-state index is -2.27. The molecule has 0 saturated heterocycles. The van der Waals surface area contributed by atoms with Gasteiger partial charge in [-0.2, -0.15) is 0 Å². The van der Waals surface area contributed by atoms with Gasteiger partial charge in [0, 0.05) is 0 Å². The van der Waals surface area contributed by atoms with E-state index in [0.29, 0.717) is 0 Å². The molecular weight excluding hydrogens is 268 g/mol. The predicted molar refractivity (Wildman–Crippen MR) is 68.7 cm³/mol. The molecule has 0 radical (unpaired) electrons. The summed E-state index contributed by atoms with van der Waals surface area (Å²) in [4.78, 5) is 34.7. The van der Waals surface area contributed by atoms with Crippen molar-refractivity contribution >= 4 is 17.9 Å². The normalized spacial score (nSPS) is 13.5. The summed E-state index contributed by atoms with van der Waals surface area (Å²) in [7, 11) is 0. The first-order chi connectivity index (χ1) is 9.25. The van der Waals surface area contributed by atoms with Crippen molar-refractivity contribution in [3.05, 3.63) is 0 Å². The van der Waals surface area contributed by atoms with Gasteiger partial charge in [-0.3, -0.25) is 9.59 Å². The van der Waals surface area contributed by atoms with Crippen molar-refractivity contribution in [2.75, 3.05) is 13.2 Å². The number of hydrogen-bond acceptors (Lipinski definition) is 7. The number of rotatable bonds is 8. The topological polar surface area (TPSA) is 99.1 Å². The molecule has 20 heavy (non-hydrogen) atoms. The van der Waals surface area contributed by atoms with Gasteiger partial charge >= 0.3 is 17.9 Å². The molecule has 1 atom stereocenters. The van der Waals surface area contributed by atoms with Crippen LogP contribution in [0.4, 0.5) is 0 Å². The van der Waals surface area contributed by atoms with Crippen LogP contribution in [0.1, 0.15) is 40.5 Å². The maximum absolute atomic E-state index is 11.7. The number of carbonyl (C=O) groups excluding carboxylic acids is 3. The van der Waals surface area contributed by atoms with Crippen LogP contribution in [0.25, 0.3) is 0 Å². The Bertz CT molecular complexity index is 351. The van der Waals surface area contributed by atoms with Crippen molar-refractivity contribution in [1.82, 2.24) is 0 Å². The van der Waals surface area contributed by atoms with Gasteiger partial charge in [0.1, 0.15) is 0 Å². The predicted octanol–water partition coefficient (Wildman–Crippen LogP) is 0.575. The summed E-state index contributed by atoms with van der Waals surface area (Å²) in [6.07, 6.45) is -1.72. The molecule has 0 heterocycles. The van der Waals surface area contributed by atoms with Crippen LogP contribution < -0.4 is 0 Å². The second kappa shape index (κ2) is 8.52.